The van der Waals surface area contributed by atoms with Gasteiger partial charge in [-0.05, 0) is 41.0 Å². The van der Waals surface area contributed by atoms with Crippen LogP contribution in [0.4, 0.5) is 5.95 Å². The molecule has 6 rings (SSSR count). The molecule has 4 N–H and O–H groups in total. The topological polar surface area (TPSA) is 170 Å². The van der Waals surface area contributed by atoms with Gasteiger partial charge in [0.05, 0.1) is 27.2 Å². The number of carbonyl (C=O) groups excluding carboxylic acids is 1. The molecule has 0 bridgehead atoms. The molecule has 2 aromatic heterocycles. The summed E-state index contributed by atoms with van der Waals surface area (Å²) in [5, 5.41) is 25.1. The lowest BCUT2D eigenvalue weighted by molar-refractivity contribution is -0.118. The number of methoxy groups -OCH3 is 2. The van der Waals surface area contributed by atoms with Crippen molar-refractivity contribution in [3.8, 4) is 11.5 Å². The number of aromatic amines is 1. The lowest BCUT2D eigenvalue weighted by atomic mass is 9.80. The summed E-state index contributed by atoms with van der Waals surface area (Å²) in [6, 6.07) is 24.7. The number of fused-ring (bicyclic) bond motifs is 1. The third-order valence-corrected chi connectivity index (χ3v) is 8.45. The molecule has 5 aromatic rings. The second-order valence-electron chi connectivity index (χ2n) is 11.7. The van der Waals surface area contributed by atoms with Crippen LogP contribution in [0.1, 0.15) is 36.8 Å². The summed E-state index contributed by atoms with van der Waals surface area (Å²) in [5.41, 5.74) is 0.637. The summed E-state index contributed by atoms with van der Waals surface area (Å²) in [4.78, 5) is 36.1. The Morgan fingerprint density at radius 2 is 1.52 bits per heavy atom. The predicted octanol–water partition coefficient (Wildman–Crippen LogP) is 3.36. The molecule has 0 aliphatic carbocycles. The number of imidazole rings is 1. The summed E-state index contributed by atoms with van der Waals surface area (Å²) in [5.74, 6) is 0.563. The fourth-order valence-electron chi connectivity index (χ4n) is 5.81. The van der Waals surface area contributed by atoms with E-state index in [-0.39, 0.29) is 35.5 Å². The number of amides is 1. The molecule has 0 spiro atoms. The minimum Gasteiger partial charge on any atom is -0.497 e. The van der Waals surface area contributed by atoms with Crippen LogP contribution in [0.15, 0.2) is 90.0 Å². The minimum absolute atomic E-state index is 0.0235. The van der Waals surface area contributed by atoms with Crippen LogP contribution < -0.4 is 20.3 Å². The largest absolute Gasteiger partial charge is 0.497 e. The molecular weight excluding hydrogens is 618 g/mol. The number of nitrogens with one attached hydrogen (secondary N) is 2. The van der Waals surface area contributed by atoms with Gasteiger partial charge in [-0.15, -0.1) is 0 Å². The van der Waals surface area contributed by atoms with Gasteiger partial charge in [-0.2, -0.15) is 4.98 Å². The van der Waals surface area contributed by atoms with E-state index >= 15 is 0 Å². The number of aliphatic hydroxyl groups excluding tert-OH is 2. The lowest BCUT2D eigenvalue weighted by Gasteiger charge is -2.37. The maximum Gasteiger partial charge on any atom is 0.280 e. The highest BCUT2D eigenvalue weighted by atomic mass is 16.6. The van der Waals surface area contributed by atoms with E-state index in [1.807, 2.05) is 78.9 Å². The number of aromatic nitrogens is 4. The highest BCUT2D eigenvalue weighted by molar-refractivity contribution is 5.91. The van der Waals surface area contributed by atoms with E-state index in [0.29, 0.717) is 11.5 Å². The Bertz CT molecular complexity index is 1880. The molecule has 4 atom stereocenters. The van der Waals surface area contributed by atoms with Crippen LogP contribution in [0.25, 0.3) is 11.2 Å². The van der Waals surface area contributed by atoms with Crippen molar-refractivity contribution < 1.29 is 34.0 Å². The number of H-pyrrole nitrogens is 1. The van der Waals surface area contributed by atoms with Crippen LogP contribution in [0, 0.1) is 5.92 Å². The van der Waals surface area contributed by atoms with E-state index < -0.39 is 35.7 Å². The van der Waals surface area contributed by atoms with Gasteiger partial charge >= 0.3 is 0 Å². The van der Waals surface area contributed by atoms with Gasteiger partial charge < -0.3 is 29.2 Å². The van der Waals surface area contributed by atoms with Crippen molar-refractivity contribution in [3.63, 3.8) is 0 Å². The van der Waals surface area contributed by atoms with Crippen LogP contribution >= 0.6 is 0 Å². The number of ether oxygens (including phenoxy) is 4. The first-order chi connectivity index (χ1) is 23.2. The SMILES string of the molecule is COc1ccc(C(OC[C@H]2O[C@@H](n3cnc4c(=O)[nH]c(NC(=O)C(C)C)nc43)C(O)C2O)(c2ccccc2)c2ccc(OC)cc2)cc1. The van der Waals surface area contributed by atoms with Crippen LogP contribution in [0.5, 0.6) is 11.5 Å². The molecule has 2 unspecified atom stereocenters. The third-order valence-electron chi connectivity index (χ3n) is 8.45. The zero-order valence-electron chi connectivity index (χ0n) is 26.9. The Balaban J connectivity index is 1.36. The Kier molecular flexibility index (Phi) is 9.29. The molecule has 1 fully saturated rings. The monoisotopic (exact) mass is 655 g/mol. The van der Waals surface area contributed by atoms with Gasteiger partial charge in [0.25, 0.3) is 5.56 Å². The van der Waals surface area contributed by atoms with Crippen molar-refractivity contribution in [2.75, 3.05) is 26.1 Å². The molecule has 13 heteroatoms. The van der Waals surface area contributed by atoms with Crippen molar-refractivity contribution in [1.82, 2.24) is 19.5 Å². The highest BCUT2D eigenvalue weighted by Crippen LogP contribution is 2.43. The number of nitrogens with zero attached hydrogens (tertiary/aromatic N) is 3. The van der Waals surface area contributed by atoms with Crippen molar-refractivity contribution in [2.24, 2.45) is 5.92 Å². The quantitative estimate of drug-likeness (QED) is 0.155. The van der Waals surface area contributed by atoms with E-state index in [4.69, 9.17) is 18.9 Å². The average Bonchev–Trinajstić information content (AvgIpc) is 3.66. The van der Waals surface area contributed by atoms with Gasteiger partial charge in [-0.25, -0.2) is 4.98 Å². The molecule has 3 aromatic carbocycles. The smallest absolute Gasteiger partial charge is 0.280 e. The van der Waals surface area contributed by atoms with Gasteiger partial charge in [0.1, 0.15) is 35.4 Å². The van der Waals surface area contributed by atoms with Gasteiger partial charge in [0, 0.05) is 5.92 Å². The zero-order chi connectivity index (χ0) is 34.0. The lowest BCUT2D eigenvalue weighted by Crippen LogP contribution is -2.39. The predicted molar refractivity (Wildman–Crippen MR) is 176 cm³/mol. The Labute approximate surface area is 276 Å². The molecule has 3 heterocycles. The summed E-state index contributed by atoms with van der Waals surface area (Å²) in [6.07, 6.45) is -3.69. The average molecular weight is 656 g/mol. The Morgan fingerprint density at radius 3 is 2.08 bits per heavy atom. The van der Waals surface area contributed by atoms with E-state index in [0.717, 1.165) is 16.7 Å². The van der Waals surface area contributed by atoms with E-state index in [1.54, 1.807) is 28.1 Å². The van der Waals surface area contributed by atoms with Crippen LogP contribution in [-0.4, -0.2) is 74.8 Å². The first-order valence-corrected chi connectivity index (χ1v) is 15.4. The minimum atomic E-state index is -1.43. The fraction of sp³-hybridized carbons (Fsp3) is 0.314. The number of aliphatic hydroxyl groups is 2. The normalized spacial score (nSPS) is 19.5. The van der Waals surface area contributed by atoms with Crippen LogP contribution in [0.3, 0.4) is 0 Å². The summed E-state index contributed by atoms with van der Waals surface area (Å²) in [6.45, 7) is 3.26. The Hall–Kier alpha value is -5.08. The Morgan fingerprint density at radius 1 is 0.938 bits per heavy atom. The van der Waals surface area contributed by atoms with Crippen molar-refractivity contribution in [3.05, 3.63) is 112 Å². The van der Waals surface area contributed by atoms with E-state index in [9.17, 15) is 19.8 Å². The molecule has 1 amide bonds. The second kappa shape index (κ2) is 13.6. The number of hydrogen-bond donors (Lipinski definition) is 4. The van der Waals surface area contributed by atoms with Gasteiger partial charge in [-0.3, -0.25) is 24.5 Å². The second-order valence-corrected chi connectivity index (χ2v) is 11.7. The molecule has 0 saturated carbocycles. The summed E-state index contributed by atoms with van der Waals surface area (Å²) < 4.78 is 25.3. The molecule has 48 heavy (non-hydrogen) atoms. The fourth-order valence-corrected chi connectivity index (χ4v) is 5.81. The first kappa shape index (κ1) is 32.8. The number of rotatable bonds is 11. The molecule has 13 nitrogen and oxygen atoms in total. The number of carbonyl (C=O) groups is 1. The van der Waals surface area contributed by atoms with Crippen LogP contribution in [-0.2, 0) is 19.9 Å². The highest BCUT2D eigenvalue weighted by Gasteiger charge is 2.47. The number of anilines is 1. The molecule has 1 aliphatic heterocycles. The van der Waals surface area contributed by atoms with Crippen molar-refractivity contribution in [1.29, 1.82) is 0 Å². The standard InChI is InChI=1S/C35H37N5O8/c1-20(2)31(43)38-34-37-30-27(32(44)39-34)36-19-40(30)33-29(42)28(41)26(48-33)18-47-35(21-8-6-5-7-9-21,22-10-14-24(45-3)15-11-22)23-12-16-25(46-4)17-13-23/h5-17,19-20,26,28-29,33,41-42H,18H2,1-4H3,(H2,37,38,39,43,44)/t26-,28?,29?,33-/m1/s1. The number of benzene rings is 3. The van der Waals surface area contributed by atoms with Crippen LogP contribution in [0.2, 0.25) is 0 Å². The molecule has 1 saturated heterocycles. The maximum atomic E-state index is 12.8. The number of hydrogen-bond acceptors (Lipinski definition) is 10. The first-order valence-electron chi connectivity index (χ1n) is 15.4. The van der Waals surface area contributed by atoms with E-state index in [1.165, 1.54) is 10.9 Å². The van der Waals surface area contributed by atoms with Crippen molar-refractivity contribution in [2.45, 2.75) is 44.0 Å². The molecule has 250 valence electrons. The van der Waals surface area contributed by atoms with Gasteiger partial charge in [0.15, 0.2) is 17.4 Å². The van der Waals surface area contributed by atoms with Gasteiger partial charge in [0.2, 0.25) is 11.9 Å². The summed E-state index contributed by atoms with van der Waals surface area (Å²) in [7, 11) is 3.19. The zero-order valence-corrected chi connectivity index (χ0v) is 26.9. The van der Waals surface area contributed by atoms with E-state index in [2.05, 4.69) is 20.3 Å². The summed E-state index contributed by atoms with van der Waals surface area (Å²) >= 11 is 0. The molecular formula is C35H37N5O8. The third kappa shape index (κ3) is 6.04. The molecule has 1 aliphatic rings. The maximum absolute atomic E-state index is 12.8. The van der Waals surface area contributed by atoms with Gasteiger partial charge in [-0.1, -0.05) is 68.4 Å². The molecule has 0 radical (unpaired) electrons. The van der Waals surface area contributed by atoms with Crippen molar-refractivity contribution >= 4 is 23.0 Å².